The minimum absolute atomic E-state index is 0.766. The van der Waals surface area contributed by atoms with Gasteiger partial charge in [0.1, 0.15) is 0 Å². The molecule has 0 saturated carbocycles. The molecule has 2 rings (SSSR count). The number of hydrogen-bond donors (Lipinski definition) is 2. The zero-order valence-electron chi connectivity index (χ0n) is 17.4. The first-order valence-corrected chi connectivity index (χ1v) is 10.8. The van der Waals surface area contributed by atoms with Gasteiger partial charge in [-0.15, -0.1) is 0 Å². The molecule has 0 fully saturated rings. The molecule has 25 heavy (non-hydrogen) atoms. The van der Waals surface area contributed by atoms with Crippen LogP contribution >= 0.6 is 0 Å². The fourth-order valence-electron chi connectivity index (χ4n) is 4.17. The molecule has 0 aliphatic carbocycles. The lowest BCUT2D eigenvalue weighted by Crippen LogP contribution is -2.63. The van der Waals surface area contributed by atoms with E-state index in [1.165, 1.54) is 11.1 Å². The van der Waals surface area contributed by atoms with Crippen molar-refractivity contribution in [1.29, 1.82) is 0 Å². The Balaban J connectivity index is 2.96. The van der Waals surface area contributed by atoms with Crippen LogP contribution in [0.15, 0.2) is 0 Å². The van der Waals surface area contributed by atoms with Gasteiger partial charge >= 0.3 is 8.56 Å². The Morgan fingerprint density at radius 1 is 0.360 bits per heavy atom. The van der Waals surface area contributed by atoms with Crippen molar-refractivity contribution in [2.45, 2.75) is 69.2 Å². The van der Waals surface area contributed by atoms with Crippen LogP contribution < -0.4 is 10.4 Å². The van der Waals surface area contributed by atoms with Gasteiger partial charge in [-0.05, 0) is 125 Å². The highest BCUT2D eigenvalue weighted by Crippen LogP contribution is 2.25. The summed E-state index contributed by atoms with van der Waals surface area (Å²) in [6, 6.07) is 0. The van der Waals surface area contributed by atoms with Gasteiger partial charge in [0, 0.05) is 10.4 Å². The quantitative estimate of drug-likeness (QED) is 0.811. The van der Waals surface area contributed by atoms with Crippen LogP contribution in [0.4, 0.5) is 0 Å². The molecule has 2 N–H and O–H groups in total. The summed E-state index contributed by atoms with van der Waals surface area (Å²) < 4.78 is 0. The topological polar surface area (TPSA) is 40.5 Å². The Labute approximate surface area is 153 Å². The van der Waals surface area contributed by atoms with E-state index in [-0.39, 0.29) is 0 Å². The second-order valence-corrected chi connectivity index (χ2v) is 10.0. The summed E-state index contributed by atoms with van der Waals surface area (Å²) in [6.07, 6.45) is 0. The van der Waals surface area contributed by atoms with E-state index < -0.39 is 8.56 Å². The van der Waals surface area contributed by atoms with Crippen LogP contribution in [-0.2, 0) is 0 Å². The van der Waals surface area contributed by atoms with Crippen LogP contribution in [0.5, 0.6) is 0 Å². The highest BCUT2D eigenvalue weighted by molar-refractivity contribution is 6.91. The molecule has 0 heterocycles. The number of hydrogen-bond acceptors (Lipinski definition) is 2. The van der Waals surface area contributed by atoms with E-state index in [0.717, 1.165) is 54.9 Å². The summed E-state index contributed by atoms with van der Waals surface area (Å²) in [7, 11) is -3.81. The molecule has 0 saturated heterocycles. The van der Waals surface area contributed by atoms with E-state index >= 15 is 0 Å². The van der Waals surface area contributed by atoms with E-state index in [4.69, 9.17) is 0 Å². The first-order chi connectivity index (χ1) is 11.4. The van der Waals surface area contributed by atoms with E-state index in [1.54, 1.807) is 0 Å². The van der Waals surface area contributed by atoms with Gasteiger partial charge in [0.25, 0.3) is 0 Å². The largest absolute Gasteiger partial charge is 0.404 e. The van der Waals surface area contributed by atoms with Gasteiger partial charge in [-0.2, -0.15) is 0 Å². The van der Waals surface area contributed by atoms with Crippen LogP contribution in [-0.4, -0.2) is 18.2 Å². The molecule has 0 atom stereocenters. The van der Waals surface area contributed by atoms with Gasteiger partial charge in [0.2, 0.25) is 0 Å². The first-order valence-electron chi connectivity index (χ1n) is 8.95. The van der Waals surface area contributed by atoms with Crippen molar-refractivity contribution < 1.29 is 9.59 Å². The molecular formula is C22H32O2Si. The molecule has 0 amide bonds. The number of rotatable bonds is 2. The molecule has 0 radical (unpaired) electrons. The Hall–Kier alpha value is -1.42. The maximum Gasteiger partial charge on any atom is 0.402 e. The second kappa shape index (κ2) is 6.38. The SMILES string of the molecule is Cc1c(C)c(C)c([Si](O)(O)c2c(C)c(C)c(C)c(C)c2C)c(C)c1C. The van der Waals surface area contributed by atoms with Crippen LogP contribution in [0, 0.1) is 69.2 Å². The van der Waals surface area contributed by atoms with Crippen molar-refractivity contribution >= 4 is 18.9 Å². The summed E-state index contributed by atoms with van der Waals surface area (Å²) in [5.41, 5.74) is 11.2. The van der Waals surface area contributed by atoms with E-state index in [0.29, 0.717) is 0 Å². The Morgan fingerprint density at radius 3 is 0.720 bits per heavy atom. The molecule has 0 bridgehead atoms. The minimum Gasteiger partial charge on any atom is -0.404 e. The van der Waals surface area contributed by atoms with Gasteiger partial charge < -0.3 is 9.59 Å². The normalized spacial score (nSPS) is 12.0. The summed E-state index contributed by atoms with van der Waals surface area (Å²) in [5, 5.41) is 1.53. The van der Waals surface area contributed by atoms with Crippen LogP contribution in [0.3, 0.4) is 0 Å². The van der Waals surface area contributed by atoms with Crippen LogP contribution in [0.25, 0.3) is 0 Å². The fourth-order valence-corrected chi connectivity index (χ4v) is 7.26. The van der Waals surface area contributed by atoms with Gasteiger partial charge in [-0.3, -0.25) is 0 Å². The molecule has 0 aliphatic heterocycles. The highest BCUT2D eigenvalue weighted by Gasteiger charge is 2.42. The standard InChI is InChI=1S/C22H32O2Si/c1-11-13(3)17(7)21(18(8)14(11)4)25(23,24)22-19(9)15(5)12(2)16(6)20(22)10/h23-24H,1-10H3. The molecule has 3 heteroatoms. The van der Waals surface area contributed by atoms with E-state index in [9.17, 15) is 9.59 Å². The lowest BCUT2D eigenvalue weighted by atomic mass is 9.95. The second-order valence-electron chi connectivity index (χ2n) is 7.67. The zero-order chi connectivity index (χ0) is 19.4. The fraction of sp³-hybridized carbons (Fsp3) is 0.455. The van der Waals surface area contributed by atoms with Crippen LogP contribution in [0.2, 0.25) is 0 Å². The molecule has 0 spiro atoms. The molecule has 0 aromatic heterocycles. The monoisotopic (exact) mass is 356 g/mol. The van der Waals surface area contributed by atoms with Gasteiger partial charge in [0.05, 0.1) is 0 Å². The Bertz CT molecular complexity index is 747. The third-order valence-corrected chi connectivity index (χ3v) is 9.59. The average molecular weight is 357 g/mol. The van der Waals surface area contributed by atoms with Crippen LogP contribution in [0.1, 0.15) is 55.6 Å². The molecule has 2 aromatic rings. The van der Waals surface area contributed by atoms with Gasteiger partial charge in [0.15, 0.2) is 0 Å². The van der Waals surface area contributed by atoms with Crippen molar-refractivity contribution in [2.24, 2.45) is 0 Å². The predicted molar refractivity (Wildman–Crippen MR) is 110 cm³/mol. The molecule has 2 aromatic carbocycles. The molecule has 0 unspecified atom stereocenters. The van der Waals surface area contributed by atoms with Gasteiger partial charge in [-0.1, -0.05) is 0 Å². The molecule has 0 aliphatic rings. The zero-order valence-corrected chi connectivity index (χ0v) is 18.4. The van der Waals surface area contributed by atoms with E-state index in [2.05, 4.69) is 41.5 Å². The average Bonchev–Trinajstić information content (AvgIpc) is 2.54. The summed E-state index contributed by atoms with van der Waals surface area (Å²) in [5.74, 6) is 0. The number of benzene rings is 2. The summed E-state index contributed by atoms with van der Waals surface area (Å²) in [4.78, 5) is 23.1. The summed E-state index contributed by atoms with van der Waals surface area (Å²) >= 11 is 0. The van der Waals surface area contributed by atoms with Crippen molar-refractivity contribution in [3.63, 3.8) is 0 Å². The molecular weight excluding hydrogens is 324 g/mol. The lowest BCUT2D eigenvalue weighted by molar-refractivity contribution is 0.400. The smallest absolute Gasteiger partial charge is 0.402 e. The first kappa shape index (κ1) is 19.9. The molecule has 136 valence electrons. The predicted octanol–water partition coefficient (Wildman–Crippen LogP) is 3.31. The Kier molecular flexibility index (Phi) is 5.08. The minimum atomic E-state index is -3.81. The Morgan fingerprint density at radius 2 is 0.520 bits per heavy atom. The van der Waals surface area contributed by atoms with Gasteiger partial charge in [-0.25, -0.2) is 0 Å². The summed E-state index contributed by atoms with van der Waals surface area (Å²) in [6.45, 7) is 20.6. The molecule has 2 nitrogen and oxygen atoms in total. The van der Waals surface area contributed by atoms with E-state index in [1.807, 2.05) is 27.7 Å². The maximum absolute atomic E-state index is 11.6. The maximum atomic E-state index is 11.6. The van der Waals surface area contributed by atoms with Crippen molar-refractivity contribution in [2.75, 3.05) is 0 Å². The van der Waals surface area contributed by atoms with Crippen molar-refractivity contribution in [3.8, 4) is 0 Å². The third kappa shape index (κ3) is 2.79. The van der Waals surface area contributed by atoms with Crippen molar-refractivity contribution in [1.82, 2.24) is 0 Å². The highest BCUT2D eigenvalue weighted by atomic mass is 28.4. The van der Waals surface area contributed by atoms with Crippen molar-refractivity contribution in [3.05, 3.63) is 55.6 Å². The lowest BCUT2D eigenvalue weighted by Gasteiger charge is -2.30. The third-order valence-electron chi connectivity index (χ3n) is 6.70.